The van der Waals surface area contributed by atoms with Crippen LogP contribution in [0.3, 0.4) is 0 Å². The predicted molar refractivity (Wildman–Crippen MR) is 153 cm³/mol. The number of amides is 2. The highest BCUT2D eigenvalue weighted by Gasteiger charge is 2.30. The van der Waals surface area contributed by atoms with Gasteiger partial charge in [0.1, 0.15) is 11.6 Å². The standard InChI is InChI=1S/C30H34N8O2/c1-19(2)38-25-10-14-36(27-15-23-5-4-13-37(20(3)39)26(23)17-33-27)18-24(25)28(35-38)30(40)34-16-21-6-8-22(9-7-21)29-31-11-12-32-29/h6-9,11-12,15,17,19H,4-5,10,13-14,16,18H2,1-3H3,(H,31,32)(H,34,40). The van der Waals surface area contributed by atoms with E-state index < -0.39 is 0 Å². The lowest BCUT2D eigenvalue weighted by Gasteiger charge is -2.32. The summed E-state index contributed by atoms with van der Waals surface area (Å²) in [6.45, 7) is 8.27. The highest BCUT2D eigenvalue weighted by molar-refractivity contribution is 5.94. The van der Waals surface area contributed by atoms with Crippen molar-refractivity contribution in [3.63, 3.8) is 0 Å². The second-order valence-electron chi connectivity index (χ2n) is 10.7. The van der Waals surface area contributed by atoms with Crippen molar-refractivity contribution < 1.29 is 9.59 Å². The molecule has 0 bridgehead atoms. The maximum Gasteiger partial charge on any atom is 0.272 e. The summed E-state index contributed by atoms with van der Waals surface area (Å²) < 4.78 is 1.99. The maximum atomic E-state index is 13.4. The molecule has 10 heteroatoms. The number of aromatic nitrogens is 5. The number of hydrogen-bond acceptors (Lipinski definition) is 6. The second-order valence-corrected chi connectivity index (χ2v) is 10.7. The zero-order chi connectivity index (χ0) is 27.8. The molecule has 5 heterocycles. The molecule has 2 amide bonds. The third-order valence-corrected chi connectivity index (χ3v) is 7.74. The molecule has 3 aromatic heterocycles. The van der Waals surface area contributed by atoms with Crippen molar-refractivity contribution in [1.29, 1.82) is 0 Å². The summed E-state index contributed by atoms with van der Waals surface area (Å²) in [7, 11) is 0. The molecule has 0 aliphatic carbocycles. The Labute approximate surface area is 233 Å². The normalized spacial score (nSPS) is 14.7. The minimum atomic E-state index is -0.178. The summed E-state index contributed by atoms with van der Waals surface area (Å²) in [5, 5.41) is 7.85. The molecule has 0 saturated carbocycles. The van der Waals surface area contributed by atoms with E-state index in [1.165, 1.54) is 0 Å². The van der Waals surface area contributed by atoms with Crippen LogP contribution in [-0.4, -0.2) is 49.6 Å². The van der Waals surface area contributed by atoms with Gasteiger partial charge in [-0.1, -0.05) is 24.3 Å². The van der Waals surface area contributed by atoms with Gasteiger partial charge < -0.3 is 20.1 Å². The number of carbonyl (C=O) groups excluding carboxylic acids is 2. The number of hydrogen-bond donors (Lipinski definition) is 2. The van der Waals surface area contributed by atoms with Gasteiger partial charge in [-0.3, -0.25) is 14.3 Å². The lowest BCUT2D eigenvalue weighted by Crippen LogP contribution is -2.35. The molecule has 1 aromatic carbocycles. The van der Waals surface area contributed by atoms with E-state index in [4.69, 9.17) is 10.1 Å². The Kier molecular flexibility index (Phi) is 6.83. The topological polar surface area (TPSA) is 112 Å². The van der Waals surface area contributed by atoms with Crippen LogP contribution in [0.5, 0.6) is 0 Å². The number of aryl methyl sites for hydroxylation is 1. The number of anilines is 2. The molecule has 0 radical (unpaired) electrons. The smallest absolute Gasteiger partial charge is 0.272 e. The summed E-state index contributed by atoms with van der Waals surface area (Å²) in [5.41, 5.74) is 6.59. The second kappa shape index (κ2) is 10.6. The number of imidazole rings is 1. The lowest BCUT2D eigenvalue weighted by molar-refractivity contribution is -0.116. The van der Waals surface area contributed by atoms with Crippen LogP contribution < -0.4 is 15.1 Å². The Hall–Kier alpha value is -4.47. The predicted octanol–water partition coefficient (Wildman–Crippen LogP) is 4.04. The molecule has 2 aliphatic heterocycles. The first kappa shape index (κ1) is 25.8. The largest absolute Gasteiger partial charge is 0.352 e. The van der Waals surface area contributed by atoms with Crippen molar-refractivity contribution in [2.75, 3.05) is 22.9 Å². The third-order valence-electron chi connectivity index (χ3n) is 7.74. The van der Waals surface area contributed by atoms with Crippen molar-refractivity contribution >= 4 is 23.3 Å². The molecular formula is C30H34N8O2. The van der Waals surface area contributed by atoms with Crippen LogP contribution in [0, 0.1) is 0 Å². The summed E-state index contributed by atoms with van der Waals surface area (Å²) in [5.74, 6) is 1.55. The fourth-order valence-electron chi connectivity index (χ4n) is 5.69. The van der Waals surface area contributed by atoms with Gasteiger partial charge in [0.15, 0.2) is 5.69 Å². The fourth-order valence-corrected chi connectivity index (χ4v) is 5.69. The van der Waals surface area contributed by atoms with Crippen LogP contribution in [0.15, 0.2) is 48.9 Å². The quantitative estimate of drug-likeness (QED) is 0.383. The zero-order valence-corrected chi connectivity index (χ0v) is 23.1. The van der Waals surface area contributed by atoms with Crippen LogP contribution in [0.4, 0.5) is 11.5 Å². The molecule has 4 aromatic rings. The van der Waals surface area contributed by atoms with Crippen molar-refractivity contribution in [2.45, 2.75) is 59.2 Å². The highest BCUT2D eigenvalue weighted by atomic mass is 16.2. The molecule has 0 saturated heterocycles. The summed E-state index contributed by atoms with van der Waals surface area (Å²) in [6.07, 6.45) is 7.99. The number of fused-ring (bicyclic) bond motifs is 2. The number of H-pyrrole nitrogens is 1. The Morgan fingerprint density at radius 1 is 1.10 bits per heavy atom. The van der Waals surface area contributed by atoms with E-state index in [-0.39, 0.29) is 17.9 Å². The minimum Gasteiger partial charge on any atom is -0.352 e. The molecule has 10 nitrogen and oxygen atoms in total. The van der Waals surface area contributed by atoms with Gasteiger partial charge in [-0.05, 0) is 43.9 Å². The summed E-state index contributed by atoms with van der Waals surface area (Å²) in [4.78, 5) is 41.7. The first-order valence-electron chi connectivity index (χ1n) is 13.9. The first-order valence-corrected chi connectivity index (χ1v) is 13.9. The molecular weight excluding hydrogens is 504 g/mol. The Bertz CT molecular complexity index is 1540. The Morgan fingerprint density at radius 2 is 1.93 bits per heavy atom. The van der Waals surface area contributed by atoms with Crippen LogP contribution in [-0.2, 0) is 30.7 Å². The summed E-state index contributed by atoms with van der Waals surface area (Å²) in [6, 6.07) is 10.2. The van der Waals surface area contributed by atoms with Gasteiger partial charge in [0.05, 0.1) is 11.9 Å². The monoisotopic (exact) mass is 538 g/mol. The first-order chi connectivity index (χ1) is 19.4. The Balaban J connectivity index is 1.21. The number of nitrogens with zero attached hydrogens (tertiary/aromatic N) is 6. The van der Waals surface area contributed by atoms with E-state index in [1.807, 2.05) is 40.0 Å². The van der Waals surface area contributed by atoms with Crippen LogP contribution in [0.25, 0.3) is 11.4 Å². The average Bonchev–Trinajstić information content (AvgIpc) is 3.64. The third kappa shape index (κ3) is 4.85. The van der Waals surface area contributed by atoms with Crippen molar-refractivity contribution in [1.82, 2.24) is 30.0 Å². The molecule has 2 aliphatic rings. The SMILES string of the molecule is CC(=O)N1CCCc2cc(N3CCc4c(c(C(=O)NCc5ccc(-c6ncc[nH]6)cc5)nn4C(C)C)C3)ncc21. The molecule has 40 heavy (non-hydrogen) atoms. The van der Waals surface area contributed by atoms with Crippen LogP contribution >= 0.6 is 0 Å². The zero-order valence-electron chi connectivity index (χ0n) is 23.1. The van der Waals surface area contributed by atoms with E-state index in [0.717, 1.165) is 77.6 Å². The fraction of sp³-hybridized carbons (Fsp3) is 0.367. The minimum absolute atomic E-state index is 0.0448. The van der Waals surface area contributed by atoms with Crippen LogP contribution in [0.1, 0.15) is 66.1 Å². The maximum absolute atomic E-state index is 13.4. The van der Waals surface area contributed by atoms with Gasteiger partial charge in [0.25, 0.3) is 5.91 Å². The Morgan fingerprint density at radius 3 is 2.65 bits per heavy atom. The van der Waals surface area contributed by atoms with Gasteiger partial charge in [0, 0.05) is 74.8 Å². The molecule has 206 valence electrons. The van der Waals surface area contributed by atoms with E-state index in [9.17, 15) is 9.59 Å². The molecule has 2 N–H and O–H groups in total. The number of carbonyl (C=O) groups is 2. The van der Waals surface area contributed by atoms with Gasteiger partial charge in [-0.25, -0.2) is 9.97 Å². The van der Waals surface area contributed by atoms with Crippen molar-refractivity contribution in [2.24, 2.45) is 0 Å². The van der Waals surface area contributed by atoms with E-state index in [1.54, 1.807) is 19.3 Å². The number of benzene rings is 1. The van der Waals surface area contributed by atoms with Crippen LogP contribution in [0.2, 0.25) is 0 Å². The number of nitrogens with one attached hydrogen (secondary N) is 2. The van der Waals surface area contributed by atoms with Crippen molar-refractivity contribution in [3.8, 4) is 11.4 Å². The number of rotatable bonds is 6. The highest BCUT2D eigenvalue weighted by Crippen LogP contribution is 2.32. The van der Waals surface area contributed by atoms with E-state index in [2.05, 4.69) is 40.1 Å². The average molecular weight is 539 g/mol. The molecule has 0 unspecified atom stereocenters. The van der Waals surface area contributed by atoms with Gasteiger partial charge in [-0.2, -0.15) is 5.10 Å². The molecule has 0 spiro atoms. The van der Waals surface area contributed by atoms with Gasteiger partial charge in [0.2, 0.25) is 5.91 Å². The van der Waals surface area contributed by atoms with E-state index >= 15 is 0 Å². The van der Waals surface area contributed by atoms with Gasteiger partial charge >= 0.3 is 0 Å². The summed E-state index contributed by atoms with van der Waals surface area (Å²) >= 11 is 0. The number of aromatic amines is 1. The lowest BCUT2D eigenvalue weighted by atomic mass is 10.0. The molecule has 0 fully saturated rings. The number of pyridine rings is 1. The molecule has 6 rings (SSSR count). The van der Waals surface area contributed by atoms with Crippen molar-refractivity contribution in [3.05, 3.63) is 77.0 Å². The van der Waals surface area contributed by atoms with Gasteiger partial charge in [-0.15, -0.1) is 0 Å². The molecule has 0 atom stereocenters. The van der Waals surface area contributed by atoms with E-state index in [0.29, 0.717) is 18.8 Å².